The van der Waals surface area contributed by atoms with E-state index in [-0.39, 0.29) is 6.54 Å². The lowest BCUT2D eigenvalue weighted by molar-refractivity contribution is -0.0888. The number of ketones is 1. The fourth-order valence-electron chi connectivity index (χ4n) is 1.45. The van der Waals surface area contributed by atoms with Crippen LogP contribution >= 0.6 is 15.9 Å². The highest BCUT2D eigenvalue weighted by Gasteiger charge is 2.41. The molecule has 2 rings (SSSR count). The van der Waals surface area contributed by atoms with E-state index in [1.54, 1.807) is 18.2 Å². The van der Waals surface area contributed by atoms with Crippen molar-refractivity contribution in [1.29, 1.82) is 0 Å². The maximum atomic E-state index is 12.2. The van der Waals surface area contributed by atoms with E-state index < -0.39 is 17.7 Å². The number of benzene rings is 1. The smallest absolute Gasteiger partial charge is 0.282 e. The Kier molecular flexibility index (Phi) is 3.70. The third kappa shape index (κ3) is 3.40. The molecular formula is C11H7BrF3N3O. The number of nitrogens with zero attached hydrogens (tertiary/aromatic N) is 3. The Balaban J connectivity index is 2.16. The molecule has 4 nitrogen and oxygen atoms in total. The van der Waals surface area contributed by atoms with Crippen LogP contribution in [0.2, 0.25) is 0 Å². The number of Topliss-reactive ketones (excluding diaryl/α,β-unsaturated/α-hetero) is 1. The van der Waals surface area contributed by atoms with Gasteiger partial charge < -0.3 is 0 Å². The summed E-state index contributed by atoms with van der Waals surface area (Å²) in [5.41, 5.74) is 0.118. The van der Waals surface area contributed by atoms with Gasteiger partial charge in [0.25, 0.3) is 5.78 Å². The first-order chi connectivity index (χ1) is 8.86. The van der Waals surface area contributed by atoms with Crippen LogP contribution in [-0.2, 0) is 6.54 Å². The molecule has 0 aliphatic heterocycles. The topological polar surface area (TPSA) is 47.8 Å². The molecule has 0 unspecified atom stereocenters. The Bertz CT molecular complexity index is 609. The molecule has 0 radical (unpaired) electrons. The van der Waals surface area contributed by atoms with Crippen LogP contribution in [0.4, 0.5) is 13.2 Å². The number of rotatable bonds is 3. The molecule has 100 valence electrons. The van der Waals surface area contributed by atoms with Crippen LogP contribution in [0.25, 0.3) is 0 Å². The van der Waals surface area contributed by atoms with E-state index in [1.165, 1.54) is 4.68 Å². The molecule has 0 atom stereocenters. The standard InChI is InChI=1S/C11H7BrF3N3O/c12-8-3-1-2-7(4-8)5-18-6-9(16-17-18)10(19)11(13,14)15/h1-4,6H,5H2. The largest absolute Gasteiger partial charge is 0.456 e. The summed E-state index contributed by atoms with van der Waals surface area (Å²) in [6, 6.07) is 7.20. The van der Waals surface area contributed by atoms with Gasteiger partial charge in [-0.1, -0.05) is 33.3 Å². The van der Waals surface area contributed by atoms with Crippen molar-refractivity contribution < 1.29 is 18.0 Å². The summed E-state index contributed by atoms with van der Waals surface area (Å²) in [6.07, 6.45) is -3.95. The van der Waals surface area contributed by atoms with Crippen molar-refractivity contribution in [2.75, 3.05) is 0 Å². The number of alkyl halides is 3. The van der Waals surface area contributed by atoms with Gasteiger partial charge in [-0.2, -0.15) is 13.2 Å². The summed E-state index contributed by atoms with van der Waals surface area (Å²) >= 11 is 3.28. The van der Waals surface area contributed by atoms with Gasteiger partial charge in [-0.25, -0.2) is 4.68 Å². The maximum absolute atomic E-state index is 12.2. The van der Waals surface area contributed by atoms with E-state index >= 15 is 0 Å². The van der Waals surface area contributed by atoms with Crippen molar-refractivity contribution in [2.24, 2.45) is 0 Å². The molecule has 2 aromatic rings. The second-order valence-electron chi connectivity index (χ2n) is 3.76. The maximum Gasteiger partial charge on any atom is 0.456 e. The molecule has 0 spiro atoms. The first kappa shape index (κ1) is 13.7. The van der Waals surface area contributed by atoms with Crippen molar-refractivity contribution in [2.45, 2.75) is 12.7 Å². The summed E-state index contributed by atoms with van der Waals surface area (Å²) in [4.78, 5) is 10.9. The highest BCUT2D eigenvalue weighted by atomic mass is 79.9. The monoisotopic (exact) mass is 333 g/mol. The van der Waals surface area contributed by atoms with Gasteiger partial charge in [-0.15, -0.1) is 5.10 Å². The first-order valence-electron chi connectivity index (χ1n) is 5.12. The molecule has 1 heterocycles. The van der Waals surface area contributed by atoms with E-state index in [0.717, 1.165) is 16.2 Å². The van der Waals surface area contributed by atoms with Crippen LogP contribution in [0.3, 0.4) is 0 Å². The van der Waals surface area contributed by atoms with E-state index in [0.29, 0.717) is 0 Å². The van der Waals surface area contributed by atoms with Gasteiger partial charge >= 0.3 is 6.18 Å². The lowest BCUT2D eigenvalue weighted by Gasteiger charge is -2.01. The number of hydrogen-bond donors (Lipinski definition) is 0. The average molecular weight is 334 g/mol. The number of carbonyl (C=O) groups is 1. The average Bonchev–Trinajstić information content (AvgIpc) is 2.75. The van der Waals surface area contributed by atoms with Gasteiger partial charge in [-0.3, -0.25) is 4.79 Å². The minimum atomic E-state index is -4.93. The molecule has 0 fully saturated rings. The minimum absolute atomic E-state index is 0.234. The van der Waals surface area contributed by atoms with Crippen molar-refractivity contribution in [3.63, 3.8) is 0 Å². The molecule has 1 aromatic carbocycles. The zero-order valence-electron chi connectivity index (χ0n) is 9.36. The van der Waals surface area contributed by atoms with Crippen molar-refractivity contribution in [3.05, 3.63) is 46.2 Å². The van der Waals surface area contributed by atoms with Gasteiger partial charge in [0, 0.05) is 4.47 Å². The summed E-state index contributed by atoms with van der Waals surface area (Å²) in [5, 5.41) is 6.74. The Morgan fingerprint density at radius 1 is 1.37 bits per heavy atom. The summed E-state index contributed by atoms with van der Waals surface area (Å²) in [5.74, 6) is -1.99. The third-order valence-corrected chi connectivity index (χ3v) is 2.76. The molecule has 0 amide bonds. The second-order valence-corrected chi connectivity index (χ2v) is 4.67. The van der Waals surface area contributed by atoms with Gasteiger partial charge in [0.05, 0.1) is 12.7 Å². The number of carbonyl (C=O) groups excluding carboxylic acids is 1. The van der Waals surface area contributed by atoms with E-state index in [9.17, 15) is 18.0 Å². The van der Waals surface area contributed by atoms with Gasteiger partial charge in [0.2, 0.25) is 0 Å². The molecule has 0 bridgehead atoms. The van der Waals surface area contributed by atoms with Crippen LogP contribution in [0, 0.1) is 0 Å². The Morgan fingerprint density at radius 2 is 2.11 bits per heavy atom. The van der Waals surface area contributed by atoms with Gasteiger partial charge in [-0.05, 0) is 17.7 Å². The summed E-state index contributed by atoms with van der Waals surface area (Å²) < 4.78 is 38.6. The molecule has 0 aliphatic rings. The molecule has 0 saturated heterocycles. The third-order valence-electron chi connectivity index (χ3n) is 2.26. The SMILES string of the molecule is O=C(c1cn(Cc2cccc(Br)c2)nn1)C(F)(F)F. The second kappa shape index (κ2) is 5.12. The molecular weight excluding hydrogens is 327 g/mol. The van der Waals surface area contributed by atoms with E-state index in [2.05, 4.69) is 26.2 Å². The molecule has 0 saturated carbocycles. The van der Waals surface area contributed by atoms with Crippen LogP contribution in [0.5, 0.6) is 0 Å². The molecule has 8 heteroatoms. The Labute approximate surface area is 114 Å². The first-order valence-corrected chi connectivity index (χ1v) is 5.91. The molecule has 0 N–H and O–H groups in total. The van der Waals surface area contributed by atoms with Crippen LogP contribution in [-0.4, -0.2) is 27.0 Å². The van der Waals surface area contributed by atoms with Crippen molar-refractivity contribution >= 4 is 21.7 Å². The number of halogens is 4. The van der Waals surface area contributed by atoms with Crippen LogP contribution in [0.15, 0.2) is 34.9 Å². The zero-order valence-corrected chi connectivity index (χ0v) is 10.9. The highest BCUT2D eigenvalue weighted by Crippen LogP contribution is 2.20. The minimum Gasteiger partial charge on any atom is -0.282 e. The number of aromatic nitrogens is 3. The summed E-state index contributed by atoms with van der Waals surface area (Å²) in [6.45, 7) is 0.234. The molecule has 0 aliphatic carbocycles. The zero-order chi connectivity index (χ0) is 14.0. The predicted octanol–water partition coefficient (Wildman–Crippen LogP) is 2.83. The van der Waals surface area contributed by atoms with E-state index in [4.69, 9.17) is 0 Å². The lowest BCUT2D eigenvalue weighted by atomic mass is 10.2. The fourth-order valence-corrected chi connectivity index (χ4v) is 1.89. The van der Waals surface area contributed by atoms with E-state index in [1.807, 2.05) is 6.07 Å². The highest BCUT2D eigenvalue weighted by molar-refractivity contribution is 9.10. The fraction of sp³-hybridized carbons (Fsp3) is 0.182. The number of hydrogen-bond acceptors (Lipinski definition) is 3. The van der Waals surface area contributed by atoms with Gasteiger partial charge in [0.15, 0.2) is 5.69 Å². The summed E-state index contributed by atoms with van der Waals surface area (Å²) in [7, 11) is 0. The Hall–Kier alpha value is -1.70. The normalized spacial score (nSPS) is 11.6. The molecule has 1 aromatic heterocycles. The molecule has 19 heavy (non-hydrogen) atoms. The van der Waals surface area contributed by atoms with Gasteiger partial charge in [0.1, 0.15) is 0 Å². The quantitative estimate of drug-likeness (QED) is 0.811. The van der Waals surface area contributed by atoms with Crippen molar-refractivity contribution in [1.82, 2.24) is 15.0 Å². The lowest BCUT2D eigenvalue weighted by Crippen LogP contribution is -2.23. The Morgan fingerprint density at radius 3 is 2.74 bits per heavy atom. The van der Waals surface area contributed by atoms with Crippen LogP contribution in [0.1, 0.15) is 16.1 Å². The van der Waals surface area contributed by atoms with Crippen molar-refractivity contribution in [3.8, 4) is 0 Å². The van der Waals surface area contributed by atoms with Crippen LogP contribution < -0.4 is 0 Å². The predicted molar refractivity (Wildman–Crippen MR) is 63.7 cm³/mol.